The van der Waals surface area contributed by atoms with E-state index < -0.39 is 40.2 Å². The number of methoxy groups -OCH3 is 1. The SMILES string of the molecule is CNS(=O)(=O)c1cc(C(=O)OCC(=O)Nc2cc(C(F)(F)F)ccc2Cl)ccc1OC. The van der Waals surface area contributed by atoms with Crippen molar-refractivity contribution in [2.24, 2.45) is 0 Å². The molecule has 0 heterocycles. The Balaban J connectivity index is 2.12. The van der Waals surface area contributed by atoms with E-state index in [1.54, 1.807) is 0 Å². The van der Waals surface area contributed by atoms with Crippen LogP contribution < -0.4 is 14.8 Å². The van der Waals surface area contributed by atoms with Crippen molar-refractivity contribution in [2.45, 2.75) is 11.1 Å². The van der Waals surface area contributed by atoms with Gasteiger partial charge in [0, 0.05) is 0 Å². The van der Waals surface area contributed by atoms with Crippen molar-refractivity contribution >= 4 is 39.2 Å². The van der Waals surface area contributed by atoms with Crippen LogP contribution in [0.5, 0.6) is 5.75 Å². The van der Waals surface area contributed by atoms with E-state index in [2.05, 4.69) is 10.0 Å². The van der Waals surface area contributed by atoms with Crippen molar-refractivity contribution in [3.8, 4) is 5.75 Å². The molecular weight excluding hydrogens is 465 g/mol. The molecule has 0 aromatic heterocycles. The summed E-state index contributed by atoms with van der Waals surface area (Å²) < 4.78 is 74.3. The Bertz CT molecular complexity index is 1110. The fourth-order valence-electron chi connectivity index (χ4n) is 2.32. The van der Waals surface area contributed by atoms with E-state index in [1.165, 1.54) is 26.3 Å². The summed E-state index contributed by atoms with van der Waals surface area (Å²) in [5, 5.41) is 1.97. The molecule has 2 aromatic carbocycles. The number of benzene rings is 2. The van der Waals surface area contributed by atoms with Gasteiger partial charge < -0.3 is 14.8 Å². The lowest BCUT2D eigenvalue weighted by Crippen LogP contribution is -2.22. The van der Waals surface area contributed by atoms with Gasteiger partial charge in [-0.1, -0.05) is 11.6 Å². The van der Waals surface area contributed by atoms with Gasteiger partial charge >= 0.3 is 12.1 Å². The van der Waals surface area contributed by atoms with Crippen molar-refractivity contribution < 1.29 is 40.7 Å². The van der Waals surface area contributed by atoms with Crippen molar-refractivity contribution in [1.82, 2.24) is 4.72 Å². The number of hydrogen-bond acceptors (Lipinski definition) is 6. The Morgan fingerprint density at radius 1 is 1.13 bits per heavy atom. The molecule has 0 aliphatic rings. The maximum atomic E-state index is 12.8. The van der Waals surface area contributed by atoms with Crippen molar-refractivity contribution in [1.29, 1.82) is 0 Å². The number of alkyl halides is 3. The van der Waals surface area contributed by atoms with Crippen LogP contribution >= 0.6 is 11.6 Å². The van der Waals surface area contributed by atoms with E-state index in [0.717, 1.165) is 18.2 Å². The first-order chi connectivity index (χ1) is 14.4. The van der Waals surface area contributed by atoms with Gasteiger partial charge in [-0.25, -0.2) is 17.9 Å². The molecule has 1 amide bonds. The second-order valence-corrected chi connectivity index (χ2v) is 8.15. The summed E-state index contributed by atoms with van der Waals surface area (Å²) in [5.41, 5.74) is -1.54. The number of carbonyl (C=O) groups is 2. The molecule has 0 saturated carbocycles. The summed E-state index contributed by atoms with van der Waals surface area (Å²) in [6, 6.07) is 5.79. The summed E-state index contributed by atoms with van der Waals surface area (Å²) in [6.45, 7) is -0.856. The van der Waals surface area contributed by atoms with Crippen LogP contribution in [0.15, 0.2) is 41.3 Å². The Kier molecular flexibility index (Phi) is 7.52. The predicted molar refractivity (Wildman–Crippen MR) is 105 cm³/mol. The van der Waals surface area contributed by atoms with Crippen LogP contribution in [-0.4, -0.2) is 41.1 Å². The Morgan fingerprint density at radius 3 is 2.39 bits per heavy atom. The van der Waals surface area contributed by atoms with Gasteiger partial charge in [0.2, 0.25) is 10.0 Å². The van der Waals surface area contributed by atoms with Gasteiger partial charge in [0.25, 0.3) is 5.91 Å². The number of sulfonamides is 1. The first-order valence-corrected chi connectivity index (χ1v) is 10.2. The van der Waals surface area contributed by atoms with E-state index in [4.69, 9.17) is 21.1 Å². The number of ether oxygens (including phenoxy) is 2. The van der Waals surface area contributed by atoms with E-state index in [9.17, 15) is 31.2 Å². The normalized spacial score (nSPS) is 11.7. The fraction of sp³-hybridized carbons (Fsp3) is 0.222. The molecule has 0 aliphatic heterocycles. The van der Waals surface area contributed by atoms with Crippen LogP contribution in [0, 0.1) is 0 Å². The third-order valence-electron chi connectivity index (χ3n) is 3.86. The van der Waals surface area contributed by atoms with Gasteiger partial charge in [0.05, 0.1) is 28.9 Å². The highest BCUT2D eigenvalue weighted by Crippen LogP contribution is 2.33. The predicted octanol–water partition coefficient (Wildman–Crippen LogP) is 3.07. The van der Waals surface area contributed by atoms with Crippen LogP contribution in [0.1, 0.15) is 15.9 Å². The lowest BCUT2D eigenvalue weighted by Gasteiger charge is -2.12. The zero-order valence-corrected chi connectivity index (χ0v) is 17.6. The molecule has 8 nitrogen and oxygen atoms in total. The molecular formula is C18H16ClF3N2O6S. The molecule has 0 spiro atoms. The molecule has 0 bridgehead atoms. The fourth-order valence-corrected chi connectivity index (χ4v) is 3.40. The van der Waals surface area contributed by atoms with E-state index in [-0.39, 0.29) is 26.9 Å². The lowest BCUT2D eigenvalue weighted by atomic mass is 10.2. The van der Waals surface area contributed by atoms with Gasteiger partial charge in [-0.2, -0.15) is 13.2 Å². The molecule has 168 valence electrons. The quantitative estimate of drug-likeness (QED) is 0.589. The molecule has 2 rings (SSSR count). The summed E-state index contributed by atoms with van der Waals surface area (Å²) >= 11 is 5.79. The molecule has 2 N–H and O–H groups in total. The summed E-state index contributed by atoms with van der Waals surface area (Å²) in [7, 11) is -1.55. The number of hydrogen-bond donors (Lipinski definition) is 2. The topological polar surface area (TPSA) is 111 Å². The summed E-state index contributed by atoms with van der Waals surface area (Å²) in [5.74, 6) is -2.02. The molecule has 0 atom stereocenters. The number of esters is 1. The number of halogens is 4. The molecule has 0 unspecified atom stereocenters. The highest BCUT2D eigenvalue weighted by molar-refractivity contribution is 7.89. The molecule has 13 heteroatoms. The van der Waals surface area contributed by atoms with Gasteiger partial charge in [-0.15, -0.1) is 0 Å². The summed E-state index contributed by atoms with van der Waals surface area (Å²) in [4.78, 5) is 23.8. The zero-order valence-electron chi connectivity index (χ0n) is 16.0. The van der Waals surface area contributed by atoms with Gasteiger partial charge in [-0.3, -0.25) is 4.79 Å². The average molecular weight is 481 g/mol. The van der Waals surface area contributed by atoms with Crippen molar-refractivity contribution in [2.75, 3.05) is 26.1 Å². The third kappa shape index (κ3) is 6.09. The number of nitrogens with one attached hydrogen (secondary N) is 2. The van der Waals surface area contributed by atoms with Crippen molar-refractivity contribution in [3.63, 3.8) is 0 Å². The van der Waals surface area contributed by atoms with Gasteiger partial charge in [0.1, 0.15) is 10.6 Å². The number of carbonyl (C=O) groups excluding carboxylic acids is 2. The minimum Gasteiger partial charge on any atom is -0.495 e. The second kappa shape index (κ2) is 9.54. The standard InChI is InChI=1S/C18H16ClF3N2O6S/c1-23-31(27,28)15-7-10(3-6-14(15)29-2)17(26)30-9-16(25)24-13-8-11(18(20,21)22)4-5-12(13)19/h3-8,23H,9H2,1-2H3,(H,24,25). The largest absolute Gasteiger partial charge is 0.495 e. The molecule has 0 fully saturated rings. The minimum absolute atomic E-state index is 0.0252. The van der Waals surface area contributed by atoms with Gasteiger partial charge in [0.15, 0.2) is 6.61 Å². The van der Waals surface area contributed by atoms with E-state index in [0.29, 0.717) is 6.07 Å². The molecule has 0 radical (unpaired) electrons. The van der Waals surface area contributed by atoms with E-state index in [1.807, 2.05) is 0 Å². The van der Waals surface area contributed by atoms with Crippen LogP contribution in [0.3, 0.4) is 0 Å². The Morgan fingerprint density at radius 2 is 1.81 bits per heavy atom. The molecule has 0 saturated heterocycles. The second-order valence-electron chi connectivity index (χ2n) is 5.89. The minimum atomic E-state index is -4.64. The maximum absolute atomic E-state index is 12.8. The highest BCUT2D eigenvalue weighted by Gasteiger charge is 2.31. The first-order valence-electron chi connectivity index (χ1n) is 8.34. The third-order valence-corrected chi connectivity index (χ3v) is 5.62. The van der Waals surface area contributed by atoms with Crippen LogP contribution in [0.25, 0.3) is 0 Å². The number of anilines is 1. The smallest absolute Gasteiger partial charge is 0.416 e. The van der Waals surface area contributed by atoms with Crippen LogP contribution in [0.2, 0.25) is 5.02 Å². The average Bonchev–Trinajstić information content (AvgIpc) is 2.72. The number of amides is 1. The lowest BCUT2D eigenvalue weighted by molar-refractivity contribution is -0.137. The van der Waals surface area contributed by atoms with Gasteiger partial charge in [-0.05, 0) is 43.4 Å². The zero-order chi connectivity index (χ0) is 23.4. The highest BCUT2D eigenvalue weighted by atomic mass is 35.5. The monoisotopic (exact) mass is 480 g/mol. The first kappa shape index (κ1) is 24.4. The molecule has 31 heavy (non-hydrogen) atoms. The van der Waals surface area contributed by atoms with Crippen LogP contribution in [0.4, 0.5) is 18.9 Å². The van der Waals surface area contributed by atoms with Crippen LogP contribution in [-0.2, 0) is 25.7 Å². The Hall–Kier alpha value is -2.83. The summed E-state index contributed by atoms with van der Waals surface area (Å²) in [6.07, 6.45) is -4.64. The Labute approximate surface area is 180 Å². The maximum Gasteiger partial charge on any atom is 0.416 e. The molecule has 0 aliphatic carbocycles. The van der Waals surface area contributed by atoms with Crippen molar-refractivity contribution in [3.05, 3.63) is 52.5 Å². The molecule has 2 aromatic rings. The number of rotatable bonds is 7. The van der Waals surface area contributed by atoms with E-state index >= 15 is 0 Å².